The lowest BCUT2D eigenvalue weighted by Crippen LogP contribution is -2.31. The van der Waals surface area contributed by atoms with Gasteiger partial charge in [-0.15, -0.1) is 0 Å². The number of nitrogens with one attached hydrogen (secondary N) is 3. The van der Waals surface area contributed by atoms with E-state index in [9.17, 15) is 22.8 Å². The summed E-state index contributed by atoms with van der Waals surface area (Å²) in [6.45, 7) is 4.37. The van der Waals surface area contributed by atoms with E-state index in [1.165, 1.54) is 12.1 Å². The lowest BCUT2D eigenvalue weighted by Gasteiger charge is -2.19. The molecule has 0 radical (unpaired) electrons. The molecular weight excluding hydrogens is 459 g/mol. The highest BCUT2D eigenvalue weighted by molar-refractivity contribution is 6.03. The molecule has 7 nitrogen and oxygen atoms in total. The number of alkyl halides is 3. The van der Waals surface area contributed by atoms with Crippen LogP contribution in [-0.4, -0.2) is 21.5 Å². The minimum absolute atomic E-state index is 0.0329. The van der Waals surface area contributed by atoms with E-state index < -0.39 is 23.8 Å². The number of benzene rings is 2. The van der Waals surface area contributed by atoms with Crippen molar-refractivity contribution in [2.45, 2.75) is 51.9 Å². The molecular formula is C25H26F3N5O2. The van der Waals surface area contributed by atoms with Crippen molar-refractivity contribution >= 4 is 23.3 Å². The van der Waals surface area contributed by atoms with Crippen LogP contribution in [0, 0.1) is 6.92 Å². The van der Waals surface area contributed by atoms with Gasteiger partial charge in [0.05, 0.1) is 17.8 Å². The van der Waals surface area contributed by atoms with Crippen molar-refractivity contribution in [3.05, 3.63) is 76.9 Å². The van der Waals surface area contributed by atoms with E-state index in [-0.39, 0.29) is 11.6 Å². The van der Waals surface area contributed by atoms with Gasteiger partial charge in [-0.3, -0.25) is 4.79 Å². The van der Waals surface area contributed by atoms with Crippen LogP contribution in [-0.2, 0) is 19.1 Å². The molecule has 2 aromatic carbocycles. The van der Waals surface area contributed by atoms with Crippen molar-refractivity contribution in [3.8, 4) is 0 Å². The summed E-state index contributed by atoms with van der Waals surface area (Å²) in [5.74, 6) is 0.658. The Morgan fingerprint density at radius 3 is 2.66 bits per heavy atom. The fraction of sp³-hybridized carbons (Fsp3) is 0.320. The van der Waals surface area contributed by atoms with E-state index in [0.717, 1.165) is 54.9 Å². The summed E-state index contributed by atoms with van der Waals surface area (Å²) in [5.41, 5.74) is 1.87. The van der Waals surface area contributed by atoms with Gasteiger partial charge in [-0.25, -0.2) is 9.78 Å². The topological polar surface area (TPSA) is 88.1 Å². The predicted molar refractivity (Wildman–Crippen MR) is 126 cm³/mol. The van der Waals surface area contributed by atoms with Crippen LogP contribution in [0.15, 0.2) is 48.7 Å². The van der Waals surface area contributed by atoms with Crippen LogP contribution in [0.1, 0.15) is 58.8 Å². The summed E-state index contributed by atoms with van der Waals surface area (Å²) >= 11 is 0. The summed E-state index contributed by atoms with van der Waals surface area (Å²) < 4.78 is 40.7. The molecule has 3 aromatic rings. The Hall–Kier alpha value is -3.82. The Labute approximate surface area is 200 Å². The van der Waals surface area contributed by atoms with Gasteiger partial charge in [0.25, 0.3) is 5.91 Å². The average Bonchev–Trinajstić information content (AvgIpc) is 3.24. The molecule has 0 saturated heterocycles. The van der Waals surface area contributed by atoms with E-state index in [0.29, 0.717) is 11.4 Å². The standard InChI is InChI=1S/C25H26F3N5O2/c1-15-9-10-17(12-20(15)32-23(34)21-14-29-22-8-3-4-11-33(21)22)16(2)30-24(35)31-19-7-5-6-18(13-19)25(26,27)28/h5-7,9-10,12-14,16H,3-4,8,11H2,1-2H3,(H,32,34)(H2,30,31,35)/t16-/m0/s1. The number of nitrogens with zero attached hydrogens (tertiary/aromatic N) is 2. The monoisotopic (exact) mass is 485 g/mol. The fourth-order valence-corrected chi connectivity index (χ4v) is 4.05. The van der Waals surface area contributed by atoms with Crippen molar-refractivity contribution in [3.63, 3.8) is 0 Å². The Morgan fingerprint density at radius 1 is 1.09 bits per heavy atom. The molecule has 4 rings (SSSR count). The predicted octanol–water partition coefficient (Wildman–Crippen LogP) is 5.68. The number of urea groups is 1. The number of aryl methyl sites for hydroxylation is 2. The van der Waals surface area contributed by atoms with Gasteiger partial charge in [-0.2, -0.15) is 13.2 Å². The number of aromatic nitrogens is 2. The number of imidazole rings is 1. The molecule has 0 bridgehead atoms. The molecule has 1 aliphatic rings. The number of hydrogen-bond acceptors (Lipinski definition) is 3. The number of anilines is 2. The van der Waals surface area contributed by atoms with Crippen LogP contribution < -0.4 is 16.0 Å². The number of carbonyl (C=O) groups is 2. The number of halogens is 3. The maximum atomic E-state index is 12.9. The molecule has 0 aliphatic carbocycles. The van der Waals surface area contributed by atoms with Crippen LogP contribution in [0.25, 0.3) is 0 Å². The van der Waals surface area contributed by atoms with Crippen molar-refractivity contribution in [1.82, 2.24) is 14.9 Å². The first-order chi connectivity index (χ1) is 16.6. The Kier molecular flexibility index (Phi) is 6.81. The second-order valence-electron chi connectivity index (χ2n) is 8.60. The third-order valence-corrected chi connectivity index (χ3v) is 6.01. The van der Waals surface area contributed by atoms with Crippen LogP contribution in [0.3, 0.4) is 0 Å². The van der Waals surface area contributed by atoms with Crippen molar-refractivity contribution in [2.24, 2.45) is 0 Å². The van der Waals surface area contributed by atoms with Gasteiger partial charge in [-0.1, -0.05) is 18.2 Å². The normalized spacial score (nSPS) is 14.1. The van der Waals surface area contributed by atoms with Crippen LogP contribution in [0.2, 0.25) is 0 Å². The van der Waals surface area contributed by atoms with Crippen molar-refractivity contribution in [2.75, 3.05) is 10.6 Å². The number of carbonyl (C=O) groups excluding carboxylic acids is 2. The summed E-state index contributed by atoms with van der Waals surface area (Å²) in [5, 5.41) is 8.08. The van der Waals surface area contributed by atoms with Gasteiger partial charge in [0.15, 0.2) is 0 Å². The second kappa shape index (κ2) is 9.81. The molecule has 3 amide bonds. The molecule has 184 valence electrons. The maximum absolute atomic E-state index is 12.9. The zero-order valence-electron chi connectivity index (χ0n) is 19.4. The number of amides is 3. The van der Waals surface area contributed by atoms with Gasteiger partial charge in [-0.05, 0) is 62.1 Å². The molecule has 10 heteroatoms. The van der Waals surface area contributed by atoms with Gasteiger partial charge in [0.1, 0.15) is 11.5 Å². The molecule has 3 N–H and O–H groups in total. The van der Waals surface area contributed by atoms with Crippen LogP contribution >= 0.6 is 0 Å². The third-order valence-electron chi connectivity index (χ3n) is 6.01. The smallest absolute Gasteiger partial charge is 0.331 e. The zero-order chi connectivity index (χ0) is 25.2. The first kappa shape index (κ1) is 24.3. The molecule has 0 fully saturated rings. The first-order valence-electron chi connectivity index (χ1n) is 11.3. The lowest BCUT2D eigenvalue weighted by molar-refractivity contribution is -0.137. The quantitative estimate of drug-likeness (QED) is 0.434. The van der Waals surface area contributed by atoms with Crippen molar-refractivity contribution < 1.29 is 22.8 Å². The van der Waals surface area contributed by atoms with Gasteiger partial charge < -0.3 is 20.5 Å². The summed E-state index contributed by atoms with van der Waals surface area (Å²) in [6, 6.07) is 8.74. The van der Waals surface area contributed by atoms with E-state index in [1.807, 2.05) is 23.6 Å². The summed E-state index contributed by atoms with van der Waals surface area (Å²) in [7, 11) is 0. The average molecular weight is 486 g/mol. The van der Waals surface area contributed by atoms with Gasteiger partial charge >= 0.3 is 12.2 Å². The molecule has 1 aromatic heterocycles. The van der Waals surface area contributed by atoms with E-state index in [4.69, 9.17) is 0 Å². The molecule has 0 saturated carbocycles. The van der Waals surface area contributed by atoms with Gasteiger partial charge in [0.2, 0.25) is 0 Å². The summed E-state index contributed by atoms with van der Waals surface area (Å²) in [4.78, 5) is 29.7. The molecule has 0 spiro atoms. The minimum Gasteiger partial charge on any atom is -0.331 e. The van der Waals surface area contributed by atoms with Gasteiger partial charge in [0, 0.05) is 24.3 Å². The highest BCUT2D eigenvalue weighted by atomic mass is 19.4. The number of rotatable bonds is 5. The Morgan fingerprint density at radius 2 is 1.89 bits per heavy atom. The molecule has 1 atom stereocenters. The first-order valence-corrected chi connectivity index (χ1v) is 11.3. The largest absolute Gasteiger partial charge is 0.416 e. The second-order valence-corrected chi connectivity index (χ2v) is 8.60. The highest BCUT2D eigenvalue weighted by Crippen LogP contribution is 2.30. The maximum Gasteiger partial charge on any atom is 0.416 e. The highest BCUT2D eigenvalue weighted by Gasteiger charge is 2.30. The van der Waals surface area contributed by atoms with Crippen molar-refractivity contribution in [1.29, 1.82) is 0 Å². The Balaban J connectivity index is 1.43. The zero-order valence-corrected chi connectivity index (χ0v) is 19.4. The SMILES string of the molecule is Cc1ccc([C@H](C)NC(=O)Nc2cccc(C(F)(F)F)c2)cc1NC(=O)c1cnc2n1CCCC2. The van der Waals surface area contributed by atoms with Crippen LogP contribution in [0.5, 0.6) is 0 Å². The molecule has 0 unspecified atom stereocenters. The lowest BCUT2D eigenvalue weighted by atomic mass is 10.0. The summed E-state index contributed by atoms with van der Waals surface area (Å²) in [6.07, 6.45) is 0.0147. The third kappa shape index (κ3) is 5.64. The minimum atomic E-state index is -4.50. The molecule has 2 heterocycles. The molecule has 35 heavy (non-hydrogen) atoms. The number of hydrogen-bond donors (Lipinski definition) is 3. The molecule has 1 aliphatic heterocycles. The van der Waals surface area contributed by atoms with E-state index in [1.54, 1.807) is 19.2 Å². The fourth-order valence-electron chi connectivity index (χ4n) is 4.05. The van der Waals surface area contributed by atoms with E-state index in [2.05, 4.69) is 20.9 Å². The Bertz CT molecular complexity index is 1250. The number of fused-ring (bicyclic) bond motifs is 1. The van der Waals surface area contributed by atoms with Crippen LogP contribution in [0.4, 0.5) is 29.3 Å². The van der Waals surface area contributed by atoms with E-state index >= 15 is 0 Å².